The highest BCUT2D eigenvalue weighted by Crippen LogP contribution is 2.24. The maximum absolute atomic E-state index is 12.1. The molecule has 0 saturated carbocycles. The lowest BCUT2D eigenvalue weighted by Crippen LogP contribution is -2.31. The van der Waals surface area contributed by atoms with Crippen LogP contribution >= 0.6 is 0 Å². The summed E-state index contributed by atoms with van der Waals surface area (Å²) in [5.41, 5.74) is 3.17. The van der Waals surface area contributed by atoms with Crippen molar-refractivity contribution in [3.63, 3.8) is 0 Å². The molecular weight excluding hydrogens is 490 g/mol. The van der Waals surface area contributed by atoms with Crippen LogP contribution in [0.25, 0.3) is 11.1 Å². The zero-order chi connectivity index (χ0) is 27.7. The lowest BCUT2D eigenvalue weighted by molar-refractivity contribution is -0.118. The van der Waals surface area contributed by atoms with Crippen LogP contribution in [0.4, 0.5) is 10.5 Å². The number of benzene rings is 3. The smallest absolute Gasteiger partial charge is 0.412 e. The van der Waals surface area contributed by atoms with E-state index in [9.17, 15) is 9.59 Å². The second-order valence-corrected chi connectivity index (χ2v) is 9.58. The Morgan fingerprint density at radius 2 is 1.41 bits per heavy atom. The SMILES string of the molecule is CC(=O)NCCN(C)c1cccc(OCCCCCCCCNC(=O)Oc2cccc(-c3ccccc3)c2)c1. The normalized spacial score (nSPS) is 10.5. The third-order valence-corrected chi connectivity index (χ3v) is 6.34. The van der Waals surface area contributed by atoms with Crippen molar-refractivity contribution < 1.29 is 19.1 Å². The summed E-state index contributed by atoms with van der Waals surface area (Å²) in [6.07, 6.45) is 5.98. The Morgan fingerprint density at radius 1 is 0.718 bits per heavy atom. The van der Waals surface area contributed by atoms with Crippen molar-refractivity contribution in [1.29, 1.82) is 0 Å². The van der Waals surface area contributed by atoms with Gasteiger partial charge in [-0.05, 0) is 48.2 Å². The summed E-state index contributed by atoms with van der Waals surface area (Å²) >= 11 is 0. The van der Waals surface area contributed by atoms with Gasteiger partial charge < -0.3 is 25.0 Å². The van der Waals surface area contributed by atoms with Crippen LogP contribution in [0, 0.1) is 0 Å². The lowest BCUT2D eigenvalue weighted by atomic mass is 10.1. The molecule has 0 aliphatic heterocycles. The van der Waals surface area contributed by atoms with E-state index in [4.69, 9.17) is 9.47 Å². The van der Waals surface area contributed by atoms with Gasteiger partial charge in [-0.2, -0.15) is 0 Å². The Kier molecular flexibility index (Phi) is 12.7. The Bertz CT molecular complexity index is 1150. The summed E-state index contributed by atoms with van der Waals surface area (Å²) in [6, 6.07) is 25.6. The van der Waals surface area contributed by atoms with Crippen molar-refractivity contribution >= 4 is 17.7 Å². The Hall–Kier alpha value is -4.00. The predicted molar refractivity (Wildman–Crippen MR) is 157 cm³/mol. The summed E-state index contributed by atoms with van der Waals surface area (Å²) in [4.78, 5) is 25.3. The molecule has 0 aliphatic rings. The molecule has 7 nitrogen and oxygen atoms in total. The number of nitrogens with one attached hydrogen (secondary N) is 2. The number of carbonyl (C=O) groups excluding carboxylic acids is 2. The average molecular weight is 532 g/mol. The fourth-order valence-electron chi connectivity index (χ4n) is 4.17. The number of anilines is 1. The number of carbonyl (C=O) groups is 2. The van der Waals surface area contributed by atoms with Crippen LogP contribution in [-0.4, -0.2) is 45.3 Å². The van der Waals surface area contributed by atoms with Gasteiger partial charge in [0.05, 0.1) is 6.61 Å². The third kappa shape index (κ3) is 11.5. The van der Waals surface area contributed by atoms with Crippen molar-refractivity contribution in [3.05, 3.63) is 78.9 Å². The van der Waals surface area contributed by atoms with Gasteiger partial charge in [0, 0.05) is 45.4 Å². The van der Waals surface area contributed by atoms with Gasteiger partial charge in [0.1, 0.15) is 11.5 Å². The van der Waals surface area contributed by atoms with Gasteiger partial charge in [0.15, 0.2) is 0 Å². The first kappa shape index (κ1) is 29.6. The molecule has 0 fully saturated rings. The van der Waals surface area contributed by atoms with E-state index in [0.717, 1.165) is 67.6 Å². The topological polar surface area (TPSA) is 79.9 Å². The van der Waals surface area contributed by atoms with Gasteiger partial charge >= 0.3 is 6.09 Å². The zero-order valence-electron chi connectivity index (χ0n) is 23.2. The summed E-state index contributed by atoms with van der Waals surface area (Å²) in [6.45, 7) is 4.18. The number of amides is 2. The highest BCUT2D eigenvalue weighted by atomic mass is 16.6. The molecule has 2 amide bonds. The van der Waals surface area contributed by atoms with Crippen LogP contribution in [0.15, 0.2) is 78.9 Å². The highest BCUT2D eigenvalue weighted by molar-refractivity contribution is 5.73. The molecule has 7 heteroatoms. The van der Waals surface area contributed by atoms with Gasteiger partial charge in [-0.3, -0.25) is 4.79 Å². The van der Waals surface area contributed by atoms with Crippen molar-refractivity contribution in [2.75, 3.05) is 38.2 Å². The molecule has 0 saturated heterocycles. The largest absolute Gasteiger partial charge is 0.494 e. The molecule has 2 N–H and O–H groups in total. The number of hydrogen-bond acceptors (Lipinski definition) is 5. The minimum atomic E-state index is -0.416. The van der Waals surface area contributed by atoms with Crippen molar-refractivity contribution in [2.45, 2.75) is 45.4 Å². The molecule has 3 aromatic carbocycles. The maximum Gasteiger partial charge on any atom is 0.412 e. The second kappa shape index (κ2) is 16.8. The number of ether oxygens (including phenoxy) is 2. The number of likely N-dealkylation sites (N-methyl/N-ethyl adjacent to an activating group) is 1. The number of unbranched alkanes of at least 4 members (excludes halogenated alkanes) is 5. The van der Waals surface area contributed by atoms with Crippen LogP contribution in [-0.2, 0) is 4.79 Å². The molecule has 0 bridgehead atoms. The molecule has 0 aromatic heterocycles. The van der Waals surface area contributed by atoms with Crippen LogP contribution in [0.3, 0.4) is 0 Å². The Morgan fingerprint density at radius 3 is 2.21 bits per heavy atom. The second-order valence-electron chi connectivity index (χ2n) is 9.58. The lowest BCUT2D eigenvalue weighted by Gasteiger charge is -2.20. The molecule has 39 heavy (non-hydrogen) atoms. The molecule has 0 heterocycles. The summed E-state index contributed by atoms with van der Waals surface area (Å²) in [5, 5.41) is 5.66. The van der Waals surface area contributed by atoms with Crippen molar-refractivity contribution in [1.82, 2.24) is 10.6 Å². The van der Waals surface area contributed by atoms with E-state index >= 15 is 0 Å². The summed E-state index contributed by atoms with van der Waals surface area (Å²) in [5.74, 6) is 1.39. The highest BCUT2D eigenvalue weighted by Gasteiger charge is 2.06. The van der Waals surface area contributed by atoms with Gasteiger partial charge in [0.25, 0.3) is 0 Å². The maximum atomic E-state index is 12.1. The molecule has 0 atom stereocenters. The summed E-state index contributed by atoms with van der Waals surface area (Å²) < 4.78 is 11.4. The van der Waals surface area contributed by atoms with Gasteiger partial charge in [-0.1, -0.05) is 74.2 Å². The van der Waals surface area contributed by atoms with Crippen molar-refractivity contribution in [3.8, 4) is 22.6 Å². The molecule has 0 unspecified atom stereocenters. The molecular formula is C32H41N3O4. The van der Waals surface area contributed by atoms with E-state index in [0.29, 0.717) is 25.4 Å². The predicted octanol–water partition coefficient (Wildman–Crippen LogP) is 6.43. The quantitative estimate of drug-likeness (QED) is 0.208. The van der Waals surface area contributed by atoms with Gasteiger partial charge in [-0.15, -0.1) is 0 Å². The fraction of sp³-hybridized carbons (Fsp3) is 0.375. The van der Waals surface area contributed by atoms with E-state index in [1.165, 1.54) is 6.92 Å². The van der Waals surface area contributed by atoms with Crippen molar-refractivity contribution in [2.24, 2.45) is 0 Å². The standard InChI is InChI=1S/C32H41N3O4/c1-26(36)33-21-22-35(2)29-17-13-18-30(25-29)38-23-11-6-4-3-5-10-20-34-32(37)39-31-19-12-16-28(24-31)27-14-8-7-9-15-27/h7-9,12-19,24-25H,3-6,10-11,20-23H2,1-2H3,(H,33,36)(H,34,37). The molecule has 3 rings (SSSR count). The van der Waals surface area contributed by atoms with E-state index < -0.39 is 6.09 Å². The van der Waals surface area contributed by atoms with Crippen LogP contribution in [0.5, 0.6) is 11.5 Å². The Balaban J connectivity index is 1.21. The van der Waals surface area contributed by atoms with Crippen LogP contribution in [0.2, 0.25) is 0 Å². The fourth-order valence-corrected chi connectivity index (χ4v) is 4.17. The van der Waals surface area contributed by atoms with E-state index in [-0.39, 0.29) is 5.91 Å². The molecule has 208 valence electrons. The first-order valence-electron chi connectivity index (χ1n) is 13.8. The van der Waals surface area contributed by atoms with Gasteiger partial charge in [-0.25, -0.2) is 4.79 Å². The van der Waals surface area contributed by atoms with Gasteiger partial charge in [0.2, 0.25) is 5.91 Å². The molecule has 0 aliphatic carbocycles. The number of nitrogens with zero attached hydrogens (tertiary/aromatic N) is 1. The Labute approximate surface area is 232 Å². The number of rotatable bonds is 16. The first-order chi connectivity index (χ1) is 19.0. The van der Waals surface area contributed by atoms with E-state index in [2.05, 4.69) is 15.5 Å². The minimum Gasteiger partial charge on any atom is -0.494 e. The molecule has 0 radical (unpaired) electrons. The minimum absolute atomic E-state index is 0.0151. The molecule has 3 aromatic rings. The first-order valence-corrected chi connectivity index (χ1v) is 13.8. The third-order valence-electron chi connectivity index (χ3n) is 6.34. The zero-order valence-corrected chi connectivity index (χ0v) is 23.2. The monoisotopic (exact) mass is 531 g/mol. The van der Waals surface area contributed by atoms with Crippen LogP contribution < -0.4 is 25.0 Å². The average Bonchev–Trinajstić information content (AvgIpc) is 2.94. The van der Waals surface area contributed by atoms with Crippen LogP contribution in [0.1, 0.15) is 45.4 Å². The van der Waals surface area contributed by atoms with E-state index in [1.807, 2.05) is 79.8 Å². The summed E-state index contributed by atoms with van der Waals surface area (Å²) in [7, 11) is 2.00. The number of hydrogen-bond donors (Lipinski definition) is 2. The molecule has 0 spiro atoms. The van der Waals surface area contributed by atoms with E-state index in [1.54, 1.807) is 6.07 Å².